The van der Waals surface area contributed by atoms with Crippen LogP contribution in [-0.4, -0.2) is 36.4 Å². The van der Waals surface area contributed by atoms with Crippen LogP contribution in [0.4, 0.5) is 0 Å². The van der Waals surface area contributed by atoms with Crippen LogP contribution in [0, 0.1) is 0 Å². The number of rotatable bonds is 2. The summed E-state index contributed by atoms with van der Waals surface area (Å²) < 4.78 is 12.4. The predicted octanol–water partition coefficient (Wildman–Crippen LogP) is 1.85. The summed E-state index contributed by atoms with van der Waals surface area (Å²) in [5.41, 5.74) is 1.82. The maximum atomic E-state index is 6.20. The van der Waals surface area contributed by atoms with Gasteiger partial charge in [-0.1, -0.05) is 0 Å². The van der Waals surface area contributed by atoms with E-state index in [2.05, 4.69) is 44.1 Å². The number of hydrogen-bond donors (Lipinski definition) is 1. The Balaban J connectivity index is 1.89. The van der Waals surface area contributed by atoms with Gasteiger partial charge in [0.2, 0.25) is 0 Å². The van der Waals surface area contributed by atoms with Gasteiger partial charge in [0.15, 0.2) is 0 Å². The van der Waals surface area contributed by atoms with Crippen LogP contribution in [0.1, 0.15) is 52.0 Å². The summed E-state index contributed by atoms with van der Waals surface area (Å²) in [6.07, 6.45) is 6.12. The van der Waals surface area contributed by atoms with Gasteiger partial charge in [-0.2, -0.15) is 0 Å². The quantitative estimate of drug-likeness (QED) is 0.843. The molecular weight excluding hydrogens is 263 g/mol. The SMILES string of the molecule is CC1(C)OB(c2cnccc2C2CCNCC2)OC1(C)C. The summed E-state index contributed by atoms with van der Waals surface area (Å²) in [7, 11) is -0.311. The van der Waals surface area contributed by atoms with E-state index in [9.17, 15) is 0 Å². The molecule has 3 rings (SSSR count). The third kappa shape index (κ3) is 2.74. The fourth-order valence-corrected chi connectivity index (χ4v) is 3.09. The topological polar surface area (TPSA) is 43.4 Å². The van der Waals surface area contributed by atoms with Gasteiger partial charge in [-0.15, -0.1) is 0 Å². The van der Waals surface area contributed by atoms with E-state index >= 15 is 0 Å². The van der Waals surface area contributed by atoms with Crippen molar-refractivity contribution in [3.05, 3.63) is 24.0 Å². The highest BCUT2D eigenvalue weighted by Crippen LogP contribution is 2.37. The molecule has 2 aliphatic heterocycles. The highest BCUT2D eigenvalue weighted by molar-refractivity contribution is 6.62. The van der Waals surface area contributed by atoms with Gasteiger partial charge in [-0.05, 0) is 71.2 Å². The largest absolute Gasteiger partial charge is 0.496 e. The molecule has 5 heteroatoms. The van der Waals surface area contributed by atoms with Gasteiger partial charge in [0, 0.05) is 17.9 Å². The molecule has 114 valence electrons. The molecule has 2 saturated heterocycles. The van der Waals surface area contributed by atoms with Crippen molar-refractivity contribution in [3.63, 3.8) is 0 Å². The summed E-state index contributed by atoms with van der Waals surface area (Å²) >= 11 is 0. The molecule has 0 aromatic carbocycles. The molecule has 0 bridgehead atoms. The molecule has 0 atom stereocenters. The van der Waals surface area contributed by atoms with Crippen molar-refractivity contribution in [2.45, 2.75) is 57.7 Å². The second kappa shape index (κ2) is 5.38. The van der Waals surface area contributed by atoms with E-state index in [4.69, 9.17) is 9.31 Å². The van der Waals surface area contributed by atoms with Crippen LogP contribution in [0.2, 0.25) is 0 Å². The van der Waals surface area contributed by atoms with Crippen LogP contribution in [0.5, 0.6) is 0 Å². The van der Waals surface area contributed by atoms with E-state index in [1.807, 2.05) is 12.4 Å². The number of pyridine rings is 1. The monoisotopic (exact) mass is 288 g/mol. The zero-order chi connectivity index (χ0) is 15.1. The third-order valence-electron chi connectivity index (χ3n) is 5.17. The van der Waals surface area contributed by atoms with Crippen LogP contribution in [0.25, 0.3) is 0 Å². The summed E-state index contributed by atoms with van der Waals surface area (Å²) in [4.78, 5) is 4.30. The van der Waals surface area contributed by atoms with Crippen LogP contribution < -0.4 is 10.8 Å². The normalized spacial score (nSPS) is 25.2. The van der Waals surface area contributed by atoms with Crippen LogP contribution in [0.15, 0.2) is 18.5 Å². The fourth-order valence-electron chi connectivity index (χ4n) is 3.09. The van der Waals surface area contributed by atoms with Crippen LogP contribution >= 0.6 is 0 Å². The lowest BCUT2D eigenvalue weighted by Gasteiger charge is -2.32. The van der Waals surface area contributed by atoms with Gasteiger partial charge < -0.3 is 14.6 Å². The number of piperidine rings is 1. The first-order valence-electron chi connectivity index (χ1n) is 7.91. The van der Waals surface area contributed by atoms with Crippen molar-refractivity contribution >= 4 is 12.6 Å². The average Bonchev–Trinajstić information content (AvgIpc) is 2.68. The Labute approximate surface area is 127 Å². The number of aromatic nitrogens is 1. The maximum absolute atomic E-state index is 6.20. The molecule has 3 heterocycles. The third-order valence-corrected chi connectivity index (χ3v) is 5.17. The van der Waals surface area contributed by atoms with Crippen molar-refractivity contribution in [3.8, 4) is 0 Å². The van der Waals surface area contributed by atoms with Crippen LogP contribution in [-0.2, 0) is 9.31 Å². The number of nitrogens with one attached hydrogen (secondary N) is 1. The van der Waals surface area contributed by atoms with Gasteiger partial charge in [0.05, 0.1) is 11.2 Å². The molecular formula is C16H25BN2O2. The van der Waals surface area contributed by atoms with E-state index in [1.165, 1.54) is 5.56 Å². The van der Waals surface area contributed by atoms with Gasteiger partial charge in [-0.25, -0.2) is 0 Å². The van der Waals surface area contributed by atoms with Crippen molar-refractivity contribution in [1.29, 1.82) is 0 Å². The van der Waals surface area contributed by atoms with Crippen molar-refractivity contribution in [2.75, 3.05) is 13.1 Å². The Kier molecular flexibility index (Phi) is 3.84. The zero-order valence-electron chi connectivity index (χ0n) is 13.5. The Hall–Kier alpha value is -0.905. The smallest absolute Gasteiger partial charge is 0.399 e. The molecule has 2 fully saturated rings. The summed E-state index contributed by atoms with van der Waals surface area (Å²) in [6, 6.07) is 2.14. The Morgan fingerprint density at radius 2 is 1.76 bits per heavy atom. The summed E-state index contributed by atoms with van der Waals surface area (Å²) in [5.74, 6) is 0.572. The van der Waals surface area contributed by atoms with Crippen molar-refractivity contribution < 1.29 is 9.31 Å². The molecule has 21 heavy (non-hydrogen) atoms. The minimum atomic E-state index is -0.311. The average molecular weight is 288 g/mol. The Bertz CT molecular complexity index is 497. The lowest BCUT2D eigenvalue weighted by molar-refractivity contribution is 0.00578. The van der Waals surface area contributed by atoms with Crippen molar-refractivity contribution in [1.82, 2.24) is 10.3 Å². The lowest BCUT2D eigenvalue weighted by Crippen LogP contribution is -2.41. The molecule has 1 aromatic rings. The first kappa shape index (κ1) is 15.0. The Morgan fingerprint density at radius 3 is 2.38 bits per heavy atom. The molecule has 4 nitrogen and oxygen atoms in total. The van der Waals surface area contributed by atoms with Crippen LogP contribution in [0.3, 0.4) is 0 Å². The molecule has 1 N–H and O–H groups in total. The van der Waals surface area contributed by atoms with E-state index in [-0.39, 0.29) is 18.3 Å². The standard InChI is InChI=1S/C16H25BN2O2/c1-15(2)16(3,4)21-17(20-15)14-11-19-10-7-13(14)12-5-8-18-9-6-12/h7,10-12,18H,5-6,8-9H2,1-4H3. The molecule has 1 aromatic heterocycles. The molecule has 0 amide bonds. The molecule has 0 spiro atoms. The van der Waals surface area contributed by atoms with E-state index in [0.29, 0.717) is 5.92 Å². The second-order valence-corrected chi connectivity index (χ2v) is 7.12. The van der Waals surface area contributed by atoms with Gasteiger partial charge in [0.1, 0.15) is 0 Å². The van der Waals surface area contributed by atoms with E-state index in [1.54, 1.807) is 0 Å². The zero-order valence-corrected chi connectivity index (χ0v) is 13.5. The summed E-state index contributed by atoms with van der Waals surface area (Å²) in [5, 5.41) is 3.42. The summed E-state index contributed by atoms with van der Waals surface area (Å²) in [6.45, 7) is 10.5. The van der Waals surface area contributed by atoms with E-state index < -0.39 is 0 Å². The fraction of sp³-hybridized carbons (Fsp3) is 0.688. The van der Waals surface area contributed by atoms with Gasteiger partial charge >= 0.3 is 7.12 Å². The highest BCUT2D eigenvalue weighted by Gasteiger charge is 2.52. The first-order chi connectivity index (χ1) is 9.91. The minimum absolute atomic E-state index is 0.307. The molecule has 0 aliphatic carbocycles. The number of hydrogen-bond acceptors (Lipinski definition) is 4. The van der Waals surface area contributed by atoms with E-state index in [0.717, 1.165) is 31.4 Å². The van der Waals surface area contributed by atoms with Gasteiger partial charge in [-0.3, -0.25) is 4.98 Å². The second-order valence-electron chi connectivity index (χ2n) is 7.12. The lowest BCUT2D eigenvalue weighted by atomic mass is 9.72. The molecule has 0 unspecified atom stereocenters. The predicted molar refractivity (Wildman–Crippen MR) is 84.8 cm³/mol. The first-order valence-corrected chi connectivity index (χ1v) is 7.91. The highest BCUT2D eigenvalue weighted by atomic mass is 16.7. The maximum Gasteiger partial charge on any atom is 0.496 e. The number of nitrogens with zero attached hydrogens (tertiary/aromatic N) is 1. The molecule has 2 aliphatic rings. The van der Waals surface area contributed by atoms with Gasteiger partial charge in [0.25, 0.3) is 0 Å². The molecule has 0 radical (unpaired) electrons. The van der Waals surface area contributed by atoms with Crippen molar-refractivity contribution in [2.24, 2.45) is 0 Å². The minimum Gasteiger partial charge on any atom is -0.399 e. The molecule has 0 saturated carbocycles. The Morgan fingerprint density at radius 1 is 1.14 bits per heavy atom.